The molecule has 2 aromatic rings. The Morgan fingerprint density at radius 2 is 0.906 bits per heavy atom. The molecule has 0 aromatic heterocycles. The Morgan fingerprint density at radius 1 is 0.594 bits per heavy atom. The van der Waals surface area contributed by atoms with E-state index in [1.165, 1.54) is 44.5 Å². The van der Waals surface area contributed by atoms with Crippen molar-refractivity contribution in [2.45, 2.75) is 105 Å². The van der Waals surface area contributed by atoms with Gasteiger partial charge in [0, 0.05) is 0 Å². The van der Waals surface area contributed by atoms with Crippen molar-refractivity contribution >= 4 is 0 Å². The van der Waals surface area contributed by atoms with Crippen LogP contribution < -0.4 is 0 Å². The quantitative estimate of drug-likeness (QED) is 0.426. The maximum atomic E-state index is 9.26. The van der Waals surface area contributed by atoms with E-state index in [4.69, 9.17) is 0 Å². The molecule has 0 saturated heterocycles. The summed E-state index contributed by atoms with van der Waals surface area (Å²) in [5.74, 6) is 0. The summed E-state index contributed by atoms with van der Waals surface area (Å²) in [4.78, 5) is 0. The average Bonchev–Trinajstić information content (AvgIpc) is 2.68. The van der Waals surface area contributed by atoms with Gasteiger partial charge in [0.25, 0.3) is 0 Å². The van der Waals surface area contributed by atoms with Crippen molar-refractivity contribution in [3.05, 3.63) is 68.8 Å². The number of hydrogen-bond acceptors (Lipinski definition) is 2. The lowest BCUT2D eigenvalue weighted by molar-refractivity contribution is 0.586. The second-order valence-electron chi connectivity index (χ2n) is 11.2. The van der Waals surface area contributed by atoms with Crippen LogP contribution in [0.15, 0.2) is 24.3 Å². The van der Waals surface area contributed by atoms with Crippen LogP contribution in [0.3, 0.4) is 0 Å². The van der Waals surface area contributed by atoms with Gasteiger partial charge in [-0.15, -0.1) is 0 Å². The zero-order valence-electron chi connectivity index (χ0n) is 21.4. The molecule has 0 aliphatic rings. The molecule has 0 heterocycles. The van der Waals surface area contributed by atoms with E-state index in [-0.39, 0.29) is 10.8 Å². The van der Waals surface area contributed by atoms with E-state index in [0.717, 1.165) is 25.7 Å². The van der Waals surface area contributed by atoms with E-state index in [0.29, 0.717) is 12.8 Å². The lowest BCUT2D eigenvalue weighted by Gasteiger charge is -2.23. The van der Waals surface area contributed by atoms with E-state index in [1.54, 1.807) is 0 Å². The summed E-state index contributed by atoms with van der Waals surface area (Å²) in [6.45, 7) is 17.8. The molecule has 170 valence electrons. The first-order valence-corrected chi connectivity index (χ1v) is 11.9. The maximum Gasteiger partial charge on any atom is 0.0669 e. The monoisotopic (exact) mass is 428 g/mol. The largest absolute Gasteiger partial charge is 0.198 e. The first kappa shape index (κ1) is 25.7. The lowest BCUT2D eigenvalue weighted by Crippen LogP contribution is -2.13. The minimum atomic E-state index is 0.0777. The number of aryl methyl sites for hydroxylation is 2. The van der Waals surface area contributed by atoms with E-state index >= 15 is 0 Å². The second kappa shape index (κ2) is 10.4. The SMILES string of the molecule is Cc1c(CC#N)cc(C(C)(C)C)cc1CCCCc1cc(C(C)(C)C)cc(CC#N)c1C. The molecule has 0 aliphatic carbocycles. The molecule has 0 saturated carbocycles. The standard InChI is InChI=1S/C30H40N2/c1-21-23(17-27(29(3,4)5)19-25(21)13-15-31)11-9-10-12-24-18-28(30(6,7)8)20-26(14-16-32)22(24)2/h17-20H,9-14H2,1-8H3. The molecule has 0 radical (unpaired) electrons. The van der Waals surface area contributed by atoms with Gasteiger partial charge in [-0.05, 0) is 94.9 Å². The van der Waals surface area contributed by atoms with Gasteiger partial charge in [0.15, 0.2) is 0 Å². The van der Waals surface area contributed by atoms with Crippen LogP contribution in [-0.2, 0) is 36.5 Å². The molecule has 0 N–H and O–H groups in total. The van der Waals surface area contributed by atoms with Crippen LogP contribution in [0.1, 0.15) is 98.9 Å². The predicted molar refractivity (Wildman–Crippen MR) is 135 cm³/mol. The Balaban J connectivity index is 2.20. The number of nitriles is 2. The molecule has 0 bridgehead atoms. The molecule has 0 unspecified atom stereocenters. The van der Waals surface area contributed by atoms with Crippen molar-refractivity contribution in [3.8, 4) is 12.1 Å². The van der Waals surface area contributed by atoms with Crippen LogP contribution in [0.4, 0.5) is 0 Å². The van der Waals surface area contributed by atoms with Crippen LogP contribution in [-0.4, -0.2) is 0 Å². The highest BCUT2D eigenvalue weighted by atomic mass is 14.3. The highest BCUT2D eigenvalue weighted by Gasteiger charge is 2.19. The van der Waals surface area contributed by atoms with E-state index in [2.05, 4.69) is 91.8 Å². The van der Waals surface area contributed by atoms with Gasteiger partial charge in [-0.2, -0.15) is 10.5 Å². The van der Waals surface area contributed by atoms with Gasteiger partial charge in [-0.1, -0.05) is 65.8 Å². The van der Waals surface area contributed by atoms with Crippen molar-refractivity contribution in [1.29, 1.82) is 10.5 Å². The smallest absolute Gasteiger partial charge is 0.0669 e. The molecule has 0 aliphatic heterocycles. The second-order valence-corrected chi connectivity index (χ2v) is 11.2. The van der Waals surface area contributed by atoms with Crippen LogP contribution in [0.2, 0.25) is 0 Å². The fraction of sp³-hybridized carbons (Fsp3) is 0.533. The molecule has 0 spiro atoms. The molecule has 2 rings (SSSR count). The Bertz CT molecular complexity index is 945. The number of rotatable bonds is 7. The van der Waals surface area contributed by atoms with Gasteiger partial charge >= 0.3 is 0 Å². The number of hydrogen-bond donors (Lipinski definition) is 0. The molecule has 0 amide bonds. The summed E-state index contributed by atoms with van der Waals surface area (Å²) < 4.78 is 0. The summed E-state index contributed by atoms with van der Waals surface area (Å²) in [5, 5.41) is 18.5. The minimum absolute atomic E-state index is 0.0777. The third kappa shape index (κ3) is 6.46. The van der Waals surface area contributed by atoms with Crippen molar-refractivity contribution in [2.24, 2.45) is 0 Å². The summed E-state index contributed by atoms with van der Waals surface area (Å²) in [6.07, 6.45) is 5.27. The third-order valence-corrected chi connectivity index (χ3v) is 6.66. The van der Waals surface area contributed by atoms with Crippen molar-refractivity contribution in [3.63, 3.8) is 0 Å². The molecule has 0 atom stereocenters. The van der Waals surface area contributed by atoms with Gasteiger partial charge in [-0.3, -0.25) is 0 Å². The zero-order valence-corrected chi connectivity index (χ0v) is 21.4. The molecule has 2 heteroatoms. The number of unbranched alkanes of at least 4 members (excludes halogenated alkanes) is 1. The van der Waals surface area contributed by atoms with E-state index < -0.39 is 0 Å². The van der Waals surface area contributed by atoms with Crippen LogP contribution in [0, 0.1) is 36.5 Å². The van der Waals surface area contributed by atoms with Crippen LogP contribution in [0.25, 0.3) is 0 Å². The van der Waals surface area contributed by atoms with Gasteiger partial charge in [0.2, 0.25) is 0 Å². The van der Waals surface area contributed by atoms with Crippen LogP contribution >= 0.6 is 0 Å². The summed E-state index contributed by atoms with van der Waals surface area (Å²) in [7, 11) is 0. The molecule has 32 heavy (non-hydrogen) atoms. The van der Waals surface area contributed by atoms with Gasteiger partial charge in [-0.25, -0.2) is 0 Å². The first-order chi connectivity index (χ1) is 14.9. The summed E-state index contributed by atoms with van der Waals surface area (Å²) in [6, 6.07) is 13.8. The third-order valence-electron chi connectivity index (χ3n) is 6.66. The van der Waals surface area contributed by atoms with Crippen LogP contribution in [0.5, 0.6) is 0 Å². The van der Waals surface area contributed by atoms with Gasteiger partial charge < -0.3 is 0 Å². The normalized spacial score (nSPS) is 11.8. The highest BCUT2D eigenvalue weighted by Crippen LogP contribution is 2.30. The van der Waals surface area contributed by atoms with Crippen molar-refractivity contribution in [1.82, 2.24) is 0 Å². The number of nitrogens with zero attached hydrogens (tertiary/aromatic N) is 2. The molecule has 2 aromatic carbocycles. The predicted octanol–water partition coefficient (Wildman–Crippen LogP) is 7.60. The minimum Gasteiger partial charge on any atom is -0.198 e. The van der Waals surface area contributed by atoms with Crippen molar-refractivity contribution in [2.75, 3.05) is 0 Å². The molecular formula is C30H40N2. The average molecular weight is 429 g/mol. The lowest BCUT2D eigenvalue weighted by atomic mass is 9.81. The topological polar surface area (TPSA) is 47.6 Å². The highest BCUT2D eigenvalue weighted by molar-refractivity contribution is 5.43. The Labute approximate surface area is 196 Å². The molecule has 2 nitrogen and oxygen atoms in total. The maximum absolute atomic E-state index is 9.26. The van der Waals surface area contributed by atoms with Gasteiger partial charge in [0.1, 0.15) is 0 Å². The van der Waals surface area contributed by atoms with E-state index in [1.807, 2.05) is 0 Å². The van der Waals surface area contributed by atoms with Crippen molar-refractivity contribution < 1.29 is 0 Å². The fourth-order valence-corrected chi connectivity index (χ4v) is 4.23. The Hall–Kier alpha value is -2.58. The molecular weight excluding hydrogens is 388 g/mol. The zero-order chi connectivity index (χ0) is 24.1. The molecule has 0 fully saturated rings. The van der Waals surface area contributed by atoms with E-state index in [9.17, 15) is 10.5 Å². The first-order valence-electron chi connectivity index (χ1n) is 11.9. The Kier molecular flexibility index (Phi) is 8.31. The fourth-order valence-electron chi connectivity index (χ4n) is 4.23. The number of benzene rings is 2. The summed E-state index contributed by atoms with van der Waals surface area (Å²) >= 11 is 0. The van der Waals surface area contributed by atoms with Gasteiger partial charge in [0.05, 0.1) is 25.0 Å². The summed E-state index contributed by atoms with van der Waals surface area (Å²) in [5.41, 5.74) is 10.5. The Morgan fingerprint density at radius 3 is 1.19 bits per heavy atom.